The van der Waals surface area contributed by atoms with Crippen molar-refractivity contribution in [2.45, 2.75) is 50.8 Å². The van der Waals surface area contributed by atoms with E-state index < -0.39 is 10.0 Å². The predicted molar refractivity (Wildman–Crippen MR) is 111 cm³/mol. The molecule has 0 saturated carbocycles. The van der Waals surface area contributed by atoms with Gasteiger partial charge < -0.3 is 10.2 Å². The van der Waals surface area contributed by atoms with Gasteiger partial charge in [0.15, 0.2) is 0 Å². The molecule has 2 aliphatic rings. The van der Waals surface area contributed by atoms with E-state index in [9.17, 15) is 13.2 Å². The van der Waals surface area contributed by atoms with Crippen molar-refractivity contribution in [3.05, 3.63) is 29.3 Å². The van der Waals surface area contributed by atoms with Crippen molar-refractivity contribution in [1.82, 2.24) is 14.5 Å². The third-order valence-corrected chi connectivity index (χ3v) is 7.98. The maximum Gasteiger partial charge on any atom is 0.243 e. The zero-order valence-corrected chi connectivity index (χ0v) is 17.9. The number of amides is 1. The van der Waals surface area contributed by atoms with Crippen LogP contribution in [0.25, 0.3) is 0 Å². The molecule has 156 valence electrons. The fraction of sp³-hybridized carbons (Fsp3) is 0.667. The van der Waals surface area contributed by atoms with Gasteiger partial charge in [-0.05, 0) is 88.8 Å². The number of nitrogens with one attached hydrogen (secondary N) is 1. The number of carbonyl (C=O) groups excluding carboxylic acids is 1. The highest BCUT2D eigenvalue weighted by molar-refractivity contribution is 7.89. The number of carbonyl (C=O) groups is 1. The van der Waals surface area contributed by atoms with Crippen molar-refractivity contribution < 1.29 is 13.2 Å². The molecule has 2 fully saturated rings. The molecule has 1 N–H and O–H groups in total. The van der Waals surface area contributed by atoms with Crippen LogP contribution in [0.4, 0.5) is 0 Å². The first-order valence-corrected chi connectivity index (χ1v) is 11.9. The highest BCUT2D eigenvalue weighted by atomic mass is 32.2. The summed E-state index contributed by atoms with van der Waals surface area (Å²) in [5.74, 6) is -0.0114. The van der Waals surface area contributed by atoms with E-state index in [1.165, 1.54) is 30.2 Å². The van der Waals surface area contributed by atoms with Crippen LogP contribution < -0.4 is 5.32 Å². The molecule has 0 aromatic heterocycles. The first-order valence-electron chi connectivity index (χ1n) is 10.5. The second-order valence-corrected chi connectivity index (χ2v) is 10.1. The van der Waals surface area contributed by atoms with Crippen LogP contribution in [0.3, 0.4) is 0 Å². The van der Waals surface area contributed by atoms with Crippen molar-refractivity contribution in [3.8, 4) is 0 Å². The van der Waals surface area contributed by atoms with Crippen molar-refractivity contribution in [2.24, 2.45) is 5.92 Å². The number of benzene rings is 1. The minimum atomic E-state index is -3.48. The predicted octanol–water partition coefficient (Wildman–Crippen LogP) is 2.31. The lowest BCUT2D eigenvalue weighted by Crippen LogP contribution is -2.43. The number of hydrogen-bond donors (Lipinski definition) is 1. The molecule has 0 unspecified atom stereocenters. The molecule has 0 aliphatic carbocycles. The molecular weight excluding hydrogens is 374 g/mol. The summed E-state index contributed by atoms with van der Waals surface area (Å²) in [5, 5.41) is 3.04. The molecule has 2 aliphatic heterocycles. The van der Waals surface area contributed by atoms with E-state index in [0.717, 1.165) is 24.1 Å². The quantitative estimate of drug-likeness (QED) is 0.704. The van der Waals surface area contributed by atoms with Crippen molar-refractivity contribution in [3.63, 3.8) is 0 Å². The second kappa shape index (κ2) is 9.37. The second-order valence-electron chi connectivity index (χ2n) is 8.12. The van der Waals surface area contributed by atoms with E-state index >= 15 is 0 Å². The minimum absolute atomic E-state index is 0.0738. The number of hydrogen-bond acceptors (Lipinski definition) is 4. The molecule has 3 rings (SSSR count). The van der Waals surface area contributed by atoms with Gasteiger partial charge >= 0.3 is 0 Å². The standard InChI is InChI=1S/C21H33N3O3S/c1-17-6-7-20(16-18(17)2)28(26,27)24-14-8-19(9-15-24)21(25)22-10-5-13-23-11-3-4-12-23/h6-7,16,19H,3-5,8-15H2,1-2H3,(H,22,25). The van der Waals surface area contributed by atoms with E-state index in [2.05, 4.69) is 10.2 Å². The Morgan fingerprint density at radius 3 is 2.39 bits per heavy atom. The lowest BCUT2D eigenvalue weighted by molar-refractivity contribution is -0.126. The van der Waals surface area contributed by atoms with Gasteiger partial charge in [-0.15, -0.1) is 0 Å². The zero-order valence-electron chi connectivity index (χ0n) is 17.1. The summed E-state index contributed by atoms with van der Waals surface area (Å²) >= 11 is 0. The third kappa shape index (κ3) is 5.13. The van der Waals surface area contributed by atoms with E-state index in [0.29, 0.717) is 37.4 Å². The largest absolute Gasteiger partial charge is 0.356 e. The van der Waals surface area contributed by atoms with Crippen LogP contribution >= 0.6 is 0 Å². The van der Waals surface area contributed by atoms with E-state index in [1.54, 1.807) is 12.1 Å². The topological polar surface area (TPSA) is 69.7 Å². The highest BCUT2D eigenvalue weighted by Gasteiger charge is 2.32. The Kier molecular flexibility index (Phi) is 7.12. The first kappa shape index (κ1) is 21.3. The maximum absolute atomic E-state index is 12.9. The number of sulfonamides is 1. The molecule has 0 bridgehead atoms. The molecule has 0 atom stereocenters. The normalized spacial score (nSPS) is 19.8. The first-order chi connectivity index (χ1) is 13.4. The highest BCUT2D eigenvalue weighted by Crippen LogP contribution is 2.25. The maximum atomic E-state index is 12.9. The van der Waals surface area contributed by atoms with Gasteiger partial charge in [-0.1, -0.05) is 6.07 Å². The van der Waals surface area contributed by atoms with Gasteiger partial charge in [0.1, 0.15) is 0 Å². The summed E-state index contributed by atoms with van der Waals surface area (Å²) < 4.78 is 27.3. The summed E-state index contributed by atoms with van der Waals surface area (Å²) in [5.41, 5.74) is 2.06. The molecule has 6 nitrogen and oxygen atoms in total. The van der Waals surface area contributed by atoms with Gasteiger partial charge in [0.25, 0.3) is 0 Å². The average Bonchev–Trinajstić information content (AvgIpc) is 3.20. The van der Waals surface area contributed by atoms with Crippen LogP contribution in [0.15, 0.2) is 23.1 Å². The van der Waals surface area contributed by atoms with Crippen molar-refractivity contribution in [2.75, 3.05) is 39.3 Å². The minimum Gasteiger partial charge on any atom is -0.356 e. The lowest BCUT2D eigenvalue weighted by atomic mass is 9.97. The van der Waals surface area contributed by atoms with Crippen LogP contribution in [0, 0.1) is 19.8 Å². The fourth-order valence-electron chi connectivity index (χ4n) is 4.05. The van der Waals surface area contributed by atoms with Crippen LogP contribution in [0.2, 0.25) is 0 Å². The van der Waals surface area contributed by atoms with Gasteiger partial charge in [-0.3, -0.25) is 4.79 Å². The number of rotatable bonds is 7. The Bertz CT molecular complexity index is 780. The molecule has 1 amide bonds. The fourth-order valence-corrected chi connectivity index (χ4v) is 5.60. The number of piperidine rings is 1. The number of likely N-dealkylation sites (tertiary alicyclic amines) is 1. The smallest absolute Gasteiger partial charge is 0.243 e. The van der Waals surface area contributed by atoms with Crippen molar-refractivity contribution >= 4 is 15.9 Å². The van der Waals surface area contributed by atoms with Gasteiger partial charge in [-0.2, -0.15) is 4.31 Å². The van der Waals surface area contributed by atoms with Gasteiger partial charge in [0.2, 0.25) is 15.9 Å². The lowest BCUT2D eigenvalue weighted by Gasteiger charge is -2.30. The van der Waals surface area contributed by atoms with Gasteiger partial charge in [0, 0.05) is 25.6 Å². The van der Waals surface area contributed by atoms with E-state index in [4.69, 9.17) is 0 Å². The molecule has 2 saturated heterocycles. The van der Waals surface area contributed by atoms with Crippen LogP contribution in [-0.4, -0.2) is 62.8 Å². The van der Waals surface area contributed by atoms with Crippen molar-refractivity contribution in [1.29, 1.82) is 0 Å². The average molecular weight is 408 g/mol. The van der Waals surface area contributed by atoms with Gasteiger partial charge in [0.05, 0.1) is 4.90 Å². The molecular formula is C21H33N3O3S. The summed E-state index contributed by atoms with van der Waals surface area (Å²) in [6.45, 7) is 8.82. The monoisotopic (exact) mass is 407 g/mol. The summed E-state index contributed by atoms with van der Waals surface area (Å²) in [4.78, 5) is 15.2. The molecule has 28 heavy (non-hydrogen) atoms. The molecule has 7 heteroatoms. The number of nitrogens with zero attached hydrogens (tertiary/aromatic N) is 2. The Morgan fingerprint density at radius 1 is 1.07 bits per heavy atom. The number of aryl methyl sites for hydroxylation is 2. The Morgan fingerprint density at radius 2 is 1.75 bits per heavy atom. The summed E-state index contributed by atoms with van der Waals surface area (Å²) in [6.07, 6.45) is 4.72. The van der Waals surface area contributed by atoms with Gasteiger partial charge in [-0.25, -0.2) is 8.42 Å². The third-order valence-electron chi connectivity index (χ3n) is 6.09. The van der Waals surface area contributed by atoms with Crippen LogP contribution in [0.5, 0.6) is 0 Å². The molecule has 2 heterocycles. The molecule has 1 aromatic carbocycles. The zero-order chi connectivity index (χ0) is 20.1. The van der Waals surface area contributed by atoms with Crippen LogP contribution in [-0.2, 0) is 14.8 Å². The SMILES string of the molecule is Cc1ccc(S(=O)(=O)N2CCC(C(=O)NCCCN3CCCC3)CC2)cc1C. The molecule has 0 radical (unpaired) electrons. The van der Waals surface area contributed by atoms with Crippen LogP contribution in [0.1, 0.15) is 43.2 Å². The van der Waals surface area contributed by atoms with E-state index in [1.807, 2.05) is 19.9 Å². The summed E-state index contributed by atoms with van der Waals surface area (Å²) in [6, 6.07) is 5.27. The van der Waals surface area contributed by atoms with E-state index in [-0.39, 0.29) is 11.8 Å². The Hall–Kier alpha value is -1.44. The summed E-state index contributed by atoms with van der Waals surface area (Å²) in [7, 11) is -3.48. The Balaban J connectivity index is 1.45. The Labute approximate surface area is 169 Å². The molecule has 0 spiro atoms. The molecule has 1 aromatic rings.